The molecule has 0 aliphatic heterocycles. The van der Waals surface area contributed by atoms with Gasteiger partial charge in [0.2, 0.25) is 5.91 Å². The van der Waals surface area contributed by atoms with E-state index in [0.717, 1.165) is 12.3 Å². The number of amides is 1. The average Bonchev–Trinajstić information content (AvgIpc) is 3.59. The van der Waals surface area contributed by atoms with Gasteiger partial charge in [-0.15, -0.1) is 0 Å². The minimum absolute atomic E-state index is 0.123. The van der Waals surface area contributed by atoms with Gasteiger partial charge in [0.05, 0.1) is 35.2 Å². The van der Waals surface area contributed by atoms with Crippen molar-refractivity contribution in [3.63, 3.8) is 0 Å². The fraction of sp³-hybridized carbons (Fsp3) is 0.172. The fourth-order valence-corrected chi connectivity index (χ4v) is 5.43. The molecule has 1 atom stereocenters. The van der Waals surface area contributed by atoms with Gasteiger partial charge in [-0.05, 0) is 67.7 Å². The lowest BCUT2D eigenvalue weighted by Crippen LogP contribution is -2.27. The predicted octanol–water partition coefficient (Wildman–Crippen LogP) is 3.27. The Morgan fingerprint density at radius 2 is 1.91 bits per heavy atom. The summed E-state index contributed by atoms with van der Waals surface area (Å²) >= 11 is 0. The first-order chi connectivity index (χ1) is 21.0. The van der Waals surface area contributed by atoms with Crippen LogP contribution in [0.3, 0.4) is 0 Å². The number of carbonyl (C=O) groups is 1. The summed E-state index contributed by atoms with van der Waals surface area (Å²) < 4.78 is 38.7. The number of sulfone groups is 1. The largest absolute Gasteiger partial charge is 0.335 e. The number of rotatable bonds is 8. The zero-order valence-electron chi connectivity index (χ0n) is 23.8. The van der Waals surface area contributed by atoms with E-state index in [-0.39, 0.29) is 18.0 Å². The number of nitrogens with two attached hydrogens (primary N) is 1. The van der Waals surface area contributed by atoms with Crippen LogP contribution in [0.15, 0.2) is 61.1 Å². The Labute approximate surface area is 250 Å². The number of hydrogen-bond acceptors (Lipinski definition) is 10. The van der Waals surface area contributed by atoms with Crippen molar-refractivity contribution in [3.8, 4) is 33.9 Å². The second-order valence-electron chi connectivity index (χ2n) is 10.6. The number of hydrogen-bond donors (Lipinski definition) is 4. The van der Waals surface area contributed by atoms with Crippen LogP contribution in [0.1, 0.15) is 10.9 Å². The summed E-state index contributed by atoms with van der Waals surface area (Å²) in [7, 11) is -0.0417. The minimum atomic E-state index is -3.66. The monoisotopic (exact) mass is 614 g/mol. The molecule has 0 aliphatic rings. The predicted molar refractivity (Wildman–Crippen MR) is 164 cm³/mol. The topological polar surface area (TPSA) is 189 Å². The van der Waals surface area contributed by atoms with Gasteiger partial charge in [0.25, 0.3) is 0 Å². The summed E-state index contributed by atoms with van der Waals surface area (Å²) in [6, 6.07) is 11.0. The molecule has 1 amide bonds. The molecule has 1 unspecified atom stereocenters. The molecule has 224 valence electrons. The van der Waals surface area contributed by atoms with E-state index in [9.17, 15) is 17.6 Å². The first-order valence-corrected chi connectivity index (χ1v) is 15.3. The maximum atomic E-state index is 14.6. The van der Waals surface area contributed by atoms with Crippen molar-refractivity contribution in [1.29, 1.82) is 0 Å². The highest BCUT2D eigenvalue weighted by Gasteiger charge is 2.21. The van der Waals surface area contributed by atoms with Gasteiger partial charge in [-0.2, -0.15) is 5.10 Å². The molecule has 15 heteroatoms. The van der Waals surface area contributed by atoms with Crippen molar-refractivity contribution in [2.24, 2.45) is 5.73 Å². The summed E-state index contributed by atoms with van der Waals surface area (Å²) in [6.07, 6.45) is 5.74. The normalized spacial score (nSPS) is 12.7. The lowest BCUT2D eigenvalue weighted by Gasteiger charge is -2.12. The molecule has 0 radical (unpaired) electrons. The maximum Gasteiger partial charge on any atom is 0.238 e. The van der Waals surface area contributed by atoms with Crippen molar-refractivity contribution in [3.05, 3.63) is 72.4 Å². The Morgan fingerprint density at radius 3 is 2.68 bits per heavy atom. The van der Waals surface area contributed by atoms with Crippen LogP contribution in [0.4, 0.5) is 10.1 Å². The minimum Gasteiger partial charge on any atom is -0.335 e. The van der Waals surface area contributed by atoms with Crippen LogP contribution in [0, 0.1) is 5.82 Å². The van der Waals surface area contributed by atoms with Crippen LogP contribution in [-0.4, -0.2) is 81.2 Å². The Balaban J connectivity index is 1.39. The van der Waals surface area contributed by atoms with E-state index in [1.165, 1.54) is 18.3 Å². The molecule has 5 aromatic heterocycles. The van der Waals surface area contributed by atoms with Crippen LogP contribution in [0.2, 0.25) is 0 Å². The van der Waals surface area contributed by atoms with Crippen LogP contribution >= 0.6 is 0 Å². The van der Waals surface area contributed by atoms with Gasteiger partial charge in [0.1, 0.15) is 16.7 Å². The highest BCUT2D eigenvalue weighted by atomic mass is 32.2. The Kier molecular flexibility index (Phi) is 7.36. The van der Waals surface area contributed by atoms with Gasteiger partial charge in [-0.3, -0.25) is 14.9 Å². The van der Waals surface area contributed by atoms with Crippen LogP contribution in [-0.2, 0) is 14.6 Å². The van der Waals surface area contributed by atoms with Gasteiger partial charge in [0, 0.05) is 29.8 Å². The number of pyridine rings is 3. The van der Waals surface area contributed by atoms with E-state index < -0.39 is 21.0 Å². The van der Waals surface area contributed by atoms with E-state index in [0.29, 0.717) is 61.8 Å². The third-order valence-electron chi connectivity index (χ3n) is 6.82. The molecule has 0 spiro atoms. The Morgan fingerprint density at radius 1 is 1.09 bits per heavy atom. The van der Waals surface area contributed by atoms with Gasteiger partial charge < -0.3 is 20.9 Å². The molecule has 0 fully saturated rings. The maximum absolute atomic E-state index is 14.6. The molecule has 44 heavy (non-hydrogen) atoms. The summed E-state index contributed by atoms with van der Waals surface area (Å²) in [5.41, 5.74) is 11.2. The number of nitrogens with zero attached hydrogens (tertiary/aromatic N) is 6. The molecule has 5 heterocycles. The number of benzene rings is 1. The Bertz CT molecular complexity index is 2160. The highest BCUT2D eigenvalue weighted by Crippen LogP contribution is 2.33. The molecular weight excluding hydrogens is 587 g/mol. The summed E-state index contributed by atoms with van der Waals surface area (Å²) in [5, 5.41) is 8.85. The van der Waals surface area contributed by atoms with Crippen molar-refractivity contribution >= 4 is 43.6 Å². The van der Waals surface area contributed by atoms with Crippen LogP contribution < -0.4 is 11.1 Å². The molecule has 0 bridgehead atoms. The quantitative estimate of drug-likeness (QED) is 0.198. The number of anilines is 1. The van der Waals surface area contributed by atoms with Gasteiger partial charge in [-0.1, -0.05) is 0 Å². The number of nitrogens with one attached hydrogen (secondary N) is 3. The zero-order chi connectivity index (χ0) is 31.2. The number of fused-ring (bicyclic) bond motifs is 2. The SMILES string of the molecule is CN(C)CC(=O)Nc1cncc(-c2ccc3[nH]nc(-c4nc5nccc(-c6cc(F)cc(C(N)S(C)(=O)=O)c6)c5[nH]4)c3n2)c1. The Hall–Kier alpha value is -5.12. The average molecular weight is 615 g/mol. The van der Waals surface area contributed by atoms with Crippen molar-refractivity contribution in [2.75, 3.05) is 32.2 Å². The molecule has 6 aromatic rings. The lowest BCUT2D eigenvalue weighted by atomic mass is 10.0. The van der Waals surface area contributed by atoms with Crippen molar-refractivity contribution in [1.82, 2.24) is 40.0 Å². The van der Waals surface area contributed by atoms with Gasteiger partial charge in [-0.25, -0.2) is 27.8 Å². The fourth-order valence-electron chi connectivity index (χ4n) is 4.80. The number of H-pyrrole nitrogens is 2. The molecular formula is C29H27FN10O3S. The number of aromatic amines is 2. The molecule has 5 N–H and O–H groups in total. The smallest absolute Gasteiger partial charge is 0.238 e. The van der Waals surface area contributed by atoms with E-state index in [4.69, 9.17) is 10.7 Å². The lowest BCUT2D eigenvalue weighted by molar-refractivity contribution is -0.116. The first-order valence-electron chi connectivity index (χ1n) is 13.3. The third kappa shape index (κ3) is 5.75. The van der Waals surface area contributed by atoms with E-state index in [1.807, 2.05) is 26.2 Å². The summed E-state index contributed by atoms with van der Waals surface area (Å²) in [6.45, 7) is 0.232. The summed E-state index contributed by atoms with van der Waals surface area (Å²) in [5.74, 6) is -0.435. The number of halogens is 1. The first kappa shape index (κ1) is 29.0. The van der Waals surface area contributed by atoms with E-state index >= 15 is 0 Å². The van der Waals surface area contributed by atoms with Gasteiger partial charge in [0.15, 0.2) is 27.0 Å². The molecule has 13 nitrogen and oxygen atoms in total. The highest BCUT2D eigenvalue weighted by molar-refractivity contribution is 7.90. The number of aromatic nitrogens is 7. The van der Waals surface area contributed by atoms with Crippen LogP contribution in [0.25, 0.3) is 56.1 Å². The van der Waals surface area contributed by atoms with E-state index in [2.05, 4.69) is 35.5 Å². The number of carbonyl (C=O) groups excluding carboxylic acids is 1. The second-order valence-corrected chi connectivity index (χ2v) is 12.7. The molecule has 1 aromatic carbocycles. The standard InChI is InChI=1S/C29H27FN10O3S/c1-40(2)14-23(41)34-19-11-17(12-32-13-19)21-4-5-22-25(35-21)26(39-38-22)29-36-24-20(6-7-33-28(24)37-29)15-8-16(10-18(30)9-15)27(31)44(3,42)43/h4-13,27H,14,31H2,1-3H3,(H,34,41)(H,38,39)(H,33,36,37). The van der Waals surface area contributed by atoms with Crippen LogP contribution in [0.5, 0.6) is 0 Å². The summed E-state index contributed by atoms with van der Waals surface area (Å²) in [4.78, 5) is 35.3. The van der Waals surface area contributed by atoms with Crippen molar-refractivity contribution in [2.45, 2.75) is 5.37 Å². The molecule has 0 saturated heterocycles. The number of likely N-dealkylation sites (N-methyl/N-ethyl adjacent to an activating group) is 1. The van der Waals surface area contributed by atoms with Crippen molar-refractivity contribution < 1.29 is 17.6 Å². The zero-order valence-corrected chi connectivity index (χ0v) is 24.6. The van der Waals surface area contributed by atoms with E-state index in [1.54, 1.807) is 29.4 Å². The molecule has 0 saturated carbocycles. The van der Waals surface area contributed by atoms with Gasteiger partial charge >= 0.3 is 0 Å². The molecule has 6 rings (SSSR count). The second kappa shape index (κ2) is 11.2. The third-order valence-corrected chi connectivity index (χ3v) is 8.02. The molecule has 0 aliphatic carbocycles. The number of imidazole rings is 1.